The minimum absolute atomic E-state index is 0.00529. The molecule has 0 saturated heterocycles. The van der Waals surface area contributed by atoms with E-state index in [0.29, 0.717) is 11.3 Å². The molecule has 0 aliphatic carbocycles. The Bertz CT molecular complexity index is 1760. The number of carbonyl (C=O) groups excluding carboxylic acids is 2. The van der Waals surface area contributed by atoms with Gasteiger partial charge in [-0.3, -0.25) is 14.3 Å². The molecule has 0 aromatic heterocycles. The summed E-state index contributed by atoms with van der Waals surface area (Å²) in [6.45, 7) is -0.00529. The Hall–Kier alpha value is -3.74. The number of carbonyl (C=O) groups is 2. The number of benzene rings is 3. The third-order valence-electron chi connectivity index (χ3n) is 6.01. The number of Topliss-reactive ketones (excluding diaryl/α,β-unsaturated/α-hetero) is 1. The van der Waals surface area contributed by atoms with E-state index in [9.17, 15) is 30.8 Å². The average Bonchev–Trinajstić information content (AvgIpc) is 2.82. The maximum Gasteiger partial charge on any atom is 0.244 e. The van der Waals surface area contributed by atoms with Gasteiger partial charge in [-0.05, 0) is 54.1 Å². The zero-order chi connectivity index (χ0) is 27.4. The SMILES string of the molecule is CS(=O)(=O)Nc1ccc2c(c1)S(=O)(=O)C=C(C1C(=O)c3cc(Cl)ccc3N(Cc3ccc(F)cc3)C1=O)N2. The molecule has 0 spiro atoms. The van der Waals surface area contributed by atoms with Crippen LogP contribution in [0.2, 0.25) is 5.02 Å². The molecule has 0 bridgehead atoms. The van der Waals surface area contributed by atoms with Gasteiger partial charge in [0, 0.05) is 22.0 Å². The number of nitrogens with one attached hydrogen (secondary N) is 2. The summed E-state index contributed by atoms with van der Waals surface area (Å²) in [7, 11) is -7.84. The van der Waals surface area contributed by atoms with Gasteiger partial charge in [-0.15, -0.1) is 0 Å². The molecular formula is C25H19ClFN3O6S2. The molecule has 1 atom stereocenters. The van der Waals surface area contributed by atoms with Gasteiger partial charge < -0.3 is 10.2 Å². The van der Waals surface area contributed by atoms with Crippen molar-refractivity contribution in [2.75, 3.05) is 21.2 Å². The van der Waals surface area contributed by atoms with Crippen LogP contribution in [-0.4, -0.2) is 34.8 Å². The standard InChI is InChI=1S/C25H19ClFN3O6S2/c1-37(33,34)29-17-7-8-19-22(11-17)38(35,36)13-20(28-19)23-24(31)18-10-15(26)4-9-21(18)30(25(23)32)12-14-2-5-16(27)6-3-14/h2-11,13,23,28-29H,12H2,1H3. The highest BCUT2D eigenvalue weighted by molar-refractivity contribution is 7.94. The Kier molecular flexibility index (Phi) is 6.28. The van der Waals surface area contributed by atoms with Crippen LogP contribution < -0.4 is 14.9 Å². The van der Waals surface area contributed by atoms with Crippen LogP contribution in [0.4, 0.5) is 21.5 Å². The van der Waals surface area contributed by atoms with Crippen molar-refractivity contribution in [2.24, 2.45) is 5.92 Å². The summed E-state index contributed by atoms with van der Waals surface area (Å²) >= 11 is 6.14. The van der Waals surface area contributed by atoms with Crippen LogP contribution in [0.25, 0.3) is 0 Å². The Morgan fingerprint density at radius 2 is 1.76 bits per heavy atom. The van der Waals surface area contributed by atoms with E-state index in [2.05, 4.69) is 10.0 Å². The van der Waals surface area contributed by atoms with Crippen LogP contribution in [0, 0.1) is 11.7 Å². The zero-order valence-corrected chi connectivity index (χ0v) is 22.0. The highest BCUT2D eigenvalue weighted by Gasteiger charge is 2.44. The first-order valence-corrected chi connectivity index (χ1v) is 14.9. The predicted octanol–water partition coefficient (Wildman–Crippen LogP) is 3.94. The van der Waals surface area contributed by atoms with Crippen molar-refractivity contribution < 1.29 is 30.8 Å². The van der Waals surface area contributed by atoms with Gasteiger partial charge in [0.25, 0.3) is 0 Å². The summed E-state index contributed by atoms with van der Waals surface area (Å²) in [6, 6.07) is 13.8. The second kappa shape index (κ2) is 9.22. The van der Waals surface area contributed by atoms with E-state index < -0.39 is 43.3 Å². The lowest BCUT2D eigenvalue weighted by atomic mass is 9.87. The topological polar surface area (TPSA) is 130 Å². The molecular weight excluding hydrogens is 557 g/mol. The second-order valence-electron chi connectivity index (χ2n) is 8.84. The lowest BCUT2D eigenvalue weighted by Crippen LogP contribution is -2.46. The normalized spacial score (nSPS) is 18.2. The number of rotatable bonds is 5. The summed E-state index contributed by atoms with van der Waals surface area (Å²) in [6.07, 6.45) is 0.930. The number of sulfone groups is 1. The van der Waals surface area contributed by atoms with Crippen molar-refractivity contribution in [1.29, 1.82) is 0 Å². The molecule has 3 aromatic carbocycles. The van der Waals surface area contributed by atoms with Crippen molar-refractivity contribution in [1.82, 2.24) is 0 Å². The van der Waals surface area contributed by atoms with Gasteiger partial charge >= 0.3 is 0 Å². The first-order valence-electron chi connectivity index (χ1n) is 11.1. The molecule has 38 heavy (non-hydrogen) atoms. The number of halogens is 2. The number of hydrogen-bond donors (Lipinski definition) is 2. The summed E-state index contributed by atoms with van der Waals surface area (Å²) in [5.41, 5.74) is 0.953. The number of hydrogen-bond acceptors (Lipinski definition) is 7. The zero-order valence-electron chi connectivity index (χ0n) is 19.6. The highest BCUT2D eigenvalue weighted by atomic mass is 35.5. The number of nitrogens with zero attached hydrogens (tertiary/aromatic N) is 1. The van der Waals surface area contributed by atoms with Crippen LogP contribution in [0.15, 0.2) is 76.7 Å². The average molecular weight is 576 g/mol. The minimum Gasteiger partial charge on any atom is -0.356 e. The summed E-state index contributed by atoms with van der Waals surface area (Å²) in [5.74, 6) is -3.30. The minimum atomic E-state index is -4.18. The van der Waals surface area contributed by atoms with Crippen LogP contribution in [0.3, 0.4) is 0 Å². The summed E-state index contributed by atoms with van der Waals surface area (Å²) in [4.78, 5) is 28.4. The molecule has 2 N–H and O–H groups in total. The summed E-state index contributed by atoms with van der Waals surface area (Å²) in [5, 5.41) is 3.91. The fourth-order valence-electron chi connectivity index (χ4n) is 4.39. The molecule has 1 amide bonds. The van der Waals surface area contributed by atoms with E-state index >= 15 is 0 Å². The van der Waals surface area contributed by atoms with E-state index in [-0.39, 0.29) is 39.1 Å². The molecule has 3 aromatic rings. The van der Waals surface area contributed by atoms with E-state index in [1.165, 1.54) is 59.5 Å². The quantitative estimate of drug-likeness (QED) is 0.441. The Balaban J connectivity index is 1.57. The molecule has 196 valence electrons. The van der Waals surface area contributed by atoms with E-state index in [1.807, 2.05) is 0 Å². The number of sulfonamides is 1. The second-order valence-corrected chi connectivity index (χ2v) is 12.8. The van der Waals surface area contributed by atoms with Crippen LogP contribution in [0.5, 0.6) is 0 Å². The van der Waals surface area contributed by atoms with Gasteiger partial charge in [0.15, 0.2) is 5.78 Å². The molecule has 2 aliphatic rings. The van der Waals surface area contributed by atoms with Gasteiger partial charge in [-0.2, -0.15) is 0 Å². The monoisotopic (exact) mass is 575 g/mol. The first kappa shape index (κ1) is 25.9. The first-order chi connectivity index (χ1) is 17.8. The molecule has 5 rings (SSSR count). The lowest BCUT2D eigenvalue weighted by molar-refractivity contribution is -0.120. The predicted molar refractivity (Wildman–Crippen MR) is 141 cm³/mol. The molecule has 9 nitrogen and oxygen atoms in total. The molecule has 0 saturated carbocycles. The fraction of sp³-hybridized carbons (Fsp3) is 0.120. The molecule has 2 aliphatic heterocycles. The van der Waals surface area contributed by atoms with Crippen molar-refractivity contribution >= 4 is 60.2 Å². The van der Waals surface area contributed by atoms with E-state index in [4.69, 9.17) is 11.6 Å². The smallest absolute Gasteiger partial charge is 0.244 e. The Labute approximate surface area is 222 Å². The van der Waals surface area contributed by atoms with Gasteiger partial charge in [-0.1, -0.05) is 23.7 Å². The molecule has 0 fully saturated rings. The maximum absolute atomic E-state index is 13.7. The molecule has 2 heterocycles. The largest absolute Gasteiger partial charge is 0.356 e. The van der Waals surface area contributed by atoms with Crippen molar-refractivity contribution in [2.45, 2.75) is 11.4 Å². The number of amides is 1. The lowest BCUT2D eigenvalue weighted by Gasteiger charge is -2.35. The number of anilines is 3. The van der Waals surface area contributed by atoms with Gasteiger partial charge in [0.2, 0.25) is 25.8 Å². The van der Waals surface area contributed by atoms with E-state index in [1.54, 1.807) is 0 Å². The van der Waals surface area contributed by atoms with Crippen molar-refractivity contribution in [3.8, 4) is 0 Å². The molecule has 13 heteroatoms. The third-order valence-corrected chi connectivity index (χ3v) is 8.36. The van der Waals surface area contributed by atoms with Gasteiger partial charge in [0.05, 0.1) is 34.5 Å². The van der Waals surface area contributed by atoms with E-state index in [0.717, 1.165) is 17.7 Å². The van der Waals surface area contributed by atoms with Crippen LogP contribution in [0.1, 0.15) is 15.9 Å². The van der Waals surface area contributed by atoms with Crippen LogP contribution >= 0.6 is 11.6 Å². The highest BCUT2D eigenvalue weighted by Crippen LogP contribution is 2.40. The molecule has 1 unspecified atom stereocenters. The Morgan fingerprint density at radius 1 is 1.05 bits per heavy atom. The summed E-state index contributed by atoms with van der Waals surface area (Å²) < 4.78 is 65.1. The third kappa shape index (κ3) is 4.89. The maximum atomic E-state index is 13.7. The van der Waals surface area contributed by atoms with Crippen molar-refractivity contribution in [3.05, 3.63) is 93.7 Å². The fourth-order valence-corrected chi connectivity index (χ4v) is 6.49. The van der Waals surface area contributed by atoms with Gasteiger partial charge in [0.1, 0.15) is 11.7 Å². The Morgan fingerprint density at radius 3 is 2.45 bits per heavy atom. The van der Waals surface area contributed by atoms with Crippen LogP contribution in [-0.2, 0) is 31.2 Å². The number of fused-ring (bicyclic) bond motifs is 2. The van der Waals surface area contributed by atoms with Crippen molar-refractivity contribution in [3.63, 3.8) is 0 Å². The number of ketones is 1. The van der Waals surface area contributed by atoms with Gasteiger partial charge in [-0.25, -0.2) is 21.2 Å². The molecule has 0 radical (unpaired) electrons.